The van der Waals surface area contributed by atoms with Crippen molar-refractivity contribution >= 4 is 34.8 Å². The third kappa shape index (κ3) is 4.00. The van der Waals surface area contributed by atoms with E-state index in [2.05, 4.69) is 10.5 Å². The Morgan fingerprint density at radius 1 is 1.19 bits per heavy atom. The number of rotatable bonds is 5. The molecule has 5 nitrogen and oxygen atoms in total. The first-order chi connectivity index (χ1) is 12.5. The molecule has 0 aliphatic rings. The van der Waals surface area contributed by atoms with Crippen molar-refractivity contribution in [3.8, 4) is 5.75 Å². The van der Waals surface area contributed by atoms with E-state index in [1.807, 2.05) is 13.8 Å². The summed E-state index contributed by atoms with van der Waals surface area (Å²) in [6, 6.07) is 11.9. The molecule has 0 spiro atoms. The van der Waals surface area contributed by atoms with Crippen LogP contribution < -0.4 is 10.1 Å². The first kappa shape index (κ1) is 18.3. The standard InChI is InChI=1S/C19H16Cl2N2O3/c1-11-15(12(2)26-23-11)10-25-14-6-3-5-13(9-14)19(24)22-17-8-4-7-16(20)18(17)21/h3-9H,10H2,1-2H3,(H,22,24). The number of amides is 1. The summed E-state index contributed by atoms with van der Waals surface area (Å²) in [6.45, 7) is 4.00. The highest BCUT2D eigenvalue weighted by atomic mass is 35.5. The van der Waals surface area contributed by atoms with E-state index in [1.165, 1.54) is 0 Å². The van der Waals surface area contributed by atoms with E-state index in [-0.39, 0.29) is 5.91 Å². The van der Waals surface area contributed by atoms with Gasteiger partial charge in [0, 0.05) is 5.56 Å². The van der Waals surface area contributed by atoms with Crippen LogP contribution in [0.2, 0.25) is 10.0 Å². The maximum atomic E-state index is 12.5. The van der Waals surface area contributed by atoms with Crippen molar-refractivity contribution < 1.29 is 14.1 Å². The summed E-state index contributed by atoms with van der Waals surface area (Å²) in [5, 5.41) is 7.32. The second-order valence-electron chi connectivity index (χ2n) is 5.67. The van der Waals surface area contributed by atoms with Gasteiger partial charge in [0.2, 0.25) is 0 Å². The first-order valence-electron chi connectivity index (χ1n) is 7.85. The summed E-state index contributed by atoms with van der Waals surface area (Å²) in [5.41, 5.74) is 2.57. The number of carbonyl (C=O) groups excluding carboxylic acids is 1. The molecule has 0 fully saturated rings. The van der Waals surface area contributed by atoms with E-state index < -0.39 is 0 Å². The van der Waals surface area contributed by atoms with Gasteiger partial charge in [0.05, 0.1) is 27.0 Å². The number of hydrogen-bond donors (Lipinski definition) is 1. The Bertz CT molecular complexity index is 934. The minimum Gasteiger partial charge on any atom is -0.489 e. The summed E-state index contributed by atoms with van der Waals surface area (Å²) < 4.78 is 10.9. The molecule has 0 unspecified atom stereocenters. The normalized spacial score (nSPS) is 10.6. The van der Waals surface area contributed by atoms with Gasteiger partial charge in [-0.3, -0.25) is 4.79 Å². The van der Waals surface area contributed by atoms with E-state index >= 15 is 0 Å². The number of hydrogen-bond acceptors (Lipinski definition) is 4. The fraction of sp³-hybridized carbons (Fsp3) is 0.158. The van der Waals surface area contributed by atoms with Crippen LogP contribution in [0.15, 0.2) is 47.0 Å². The van der Waals surface area contributed by atoms with Crippen molar-refractivity contribution in [2.45, 2.75) is 20.5 Å². The molecule has 0 radical (unpaired) electrons. The summed E-state index contributed by atoms with van der Waals surface area (Å²) in [6.07, 6.45) is 0. The minimum absolute atomic E-state index is 0.299. The molecule has 1 aromatic heterocycles. The predicted molar refractivity (Wildman–Crippen MR) is 101 cm³/mol. The van der Waals surface area contributed by atoms with Gasteiger partial charge in [0.25, 0.3) is 5.91 Å². The molecule has 0 atom stereocenters. The van der Waals surface area contributed by atoms with Gasteiger partial charge in [-0.2, -0.15) is 0 Å². The topological polar surface area (TPSA) is 64.4 Å². The van der Waals surface area contributed by atoms with Crippen LogP contribution in [0.1, 0.15) is 27.4 Å². The Morgan fingerprint density at radius 2 is 1.96 bits per heavy atom. The molecule has 0 aliphatic carbocycles. The molecule has 134 valence electrons. The van der Waals surface area contributed by atoms with Crippen LogP contribution in [-0.2, 0) is 6.61 Å². The third-order valence-electron chi connectivity index (χ3n) is 3.86. The van der Waals surface area contributed by atoms with Gasteiger partial charge < -0.3 is 14.6 Å². The monoisotopic (exact) mass is 390 g/mol. The van der Waals surface area contributed by atoms with Crippen LogP contribution in [0.3, 0.4) is 0 Å². The maximum Gasteiger partial charge on any atom is 0.255 e. The zero-order chi connectivity index (χ0) is 18.7. The Kier molecular flexibility index (Phi) is 5.49. The molecular formula is C19H16Cl2N2O3. The van der Waals surface area contributed by atoms with Gasteiger partial charge in [-0.25, -0.2) is 0 Å². The van der Waals surface area contributed by atoms with E-state index in [0.717, 1.165) is 11.3 Å². The Labute approximate surface area is 160 Å². The van der Waals surface area contributed by atoms with E-state index in [4.69, 9.17) is 32.5 Å². The average Bonchev–Trinajstić information content (AvgIpc) is 2.95. The summed E-state index contributed by atoms with van der Waals surface area (Å²) in [7, 11) is 0. The number of aromatic nitrogens is 1. The van der Waals surface area contributed by atoms with E-state index in [9.17, 15) is 4.79 Å². The minimum atomic E-state index is -0.308. The van der Waals surface area contributed by atoms with Crippen LogP contribution in [0.4, 0.5) is 5.69 Å². The summed E-state index contributed by atoms with van der Waals surface area (Å²) in [5.74, 6) is 0.971. The molecule has 26 heavy (non-hydrogen) atoms. The molecule has 0 aliphatic heterocycles. The third-order valence-corrected chi connectivity index (χ3v) is 4.68. The SMILES string of the molecule is Cc1noc(C)c1COc1cccc(C(=O)Nc2cccc(Cl)c2Cl)c1. The van der Waals surface area contributed by atoms with Crippen LogP contribution in [0.25, 0.3) is 0 Å². The molecule has 2 aromatic carbocycles. The molecule has 0 saturated heterocycles. The largest absolute Gasteiger partial charge is 0.489 e. The summed E-state index contributed by atoms with van der Waals surface area (Å²) in [4.78, 5) is 12.5. The molecule has 1 heterocycles. The lowest BCUT2D eigenvalue weighted by Crippen LogP contribution is -2.12. The van der Waals surface area contributed by atoms with Gasteiger partial charge in [-0.05, 0) is 44.2 Å². The quantitative estimate of drug-likeness (QED) is 0.630. The van der Waals surface area contributed by atoms with Crippen LogP contribution in [0.5, 0.6) is 5.75 Å². The molecule has 7 heteroatoms. The molecular weight excluding hydrogens is 375 g/mol. The Morgan fingerprint density at radius 3 is 2.69 bits per heavy atom. The Hall–Kier alpha value is -2.50. The molecule has 0 bridgehead atoms. The van der Waals surface area contributed by atoms with Gasteiger partial charge in [-0.15, -0.1) is 0 Å². The van der Waals surface area contributed by atoms with Crippen LogP contribution in [-0.4, -0.2) is 11.1 Å². The number of halogens is 2. The second-order valence-corrected chi connectivity index (χ2v) is 6.46. The number of aryl methyl sites for hydroxylation is 2. The van der Waals surface area contributed by atoms with E-state index in [0.29, 0.717) is 39.4 Å². The molecule has 3 rings (SSSR count). The van der Waals surface area contributed by atoms with Gasteiger partial charge in [0.15, 0.2) is 0 Å². The zero-order valence-corrected chi connectivity index (χ0v) is 15.7. The average molecular weight is 391 g/mol. The van der Waals surface area contributed by atoms with Gasteiger partial charge in [0.1, 0.15) is 18.1 Å². The number of nitrogens with one attached hydrogen (secondary N) is 1. The lowest BCUT2D eigenvalue weighted by Gasteiger charge is -2.10. The van der Waals surface area contributed by atoms with Crippen LogP contribution in [0, 0.1) is 13.8 Å². The maximum absolute atomic E-state index is 12.5. The highest BCUT2D eigenvalue weighted by Crippen LogP contribution is 2.30. The zero-order valence-electron chi connectivity index (χ0n) is 14.2. The first-order valence-corrected chi connectivity index (χ1v) is 8.61. The fourth-order valence-corrected chi connectivity index (χ4v) is 2.73. The van der Waals surface area contributed by atoms with Crippen molar-refractivity contribution in [1.82, 2.24) is 5.16 Å². The predicted octanol–water partition coefficient (Wildman–Crippen LogP) is 5.43. The van der Waals surface area contributed by atoms with Gasteiger partial charge in [-0.1, -0.05) is 40.5 Å². The summed E-state index contributed by atoms with van der Waals surface area (Å²) >= 11 is 12.1. The van der Waals surface area contributed by atoms with Crippen molar-refractivity contribution in [1.29, 1.82) is 0 Å². The second kappa shape index (κ2) is 7.81. The molecule has 3 aromatic rings. The number of nitrogens with zero attached hydrogens (tertiary/aromatic N) is 1. The number of benzene rings is 2. The molecule has 0 saturated carbocycles. The van der Waals surface area contributed by atoms with Gasteiger partial charge >= 0.3 is 0 Å². The van der Waals surface area contributed by atoms with Crippen molar-refractivity contribution in [2.24, 2.45) is 0 Å². The fourth-order valence-electron chi connectivity index (χ4n) is 2.39. The highest BCUT2D eigenvalue weighted by Gasteiger charge is 2.13. The van der Waals surface area contributed by atoms with Crippen molar-refractivity contribution in [3.05, 3.63) is 75.1 Å². The lowest BCUT2D eigenvalue weighted by atomic mass is 10.2. The lowest BCUT2D eigenvalue weighted by molar-refractivity contribution is 0.102. The number of anilines is 1. The molecule has 1 amide bonds. The molecule has 1 N–H and O–H groups in total. The number of carbonyl (C=O) groups is 1. The van der Waals surface area contributed by atoms with Crippen LogP contribution >= 0.6 is 23.2 Å². The van der Waals surface area contributed by atoms with E-state index in [1.54, 1.807) is 42.5 Å². The van der Waals surface area contributed by atoms with Crippen molar-refractivity contribution in [3.63, 3.8) is 0 Å². The number of ether oxygens (including phenoxy) is 1. The Balaban J connectivity index is 1.72. The smallest absolute Gasteiger partial charge is 0.255 e. The highest BCUT2D eigenvalue weighted by molar-refractivity contribution is 6.44. The van der Waals surface area contributed by atoms with Crippen molar-refractivity contribution in [2.75, 3.05) is 5.32 Å².